The van der Waals surface area contributed by atoms with Crippen LogP contribution in [0.4, 0.5) is 22.7 Å². The molecule has 2 saturated heterocycles. The van der Waals surface area contributed by atoms with Crippen molar-refractivity contribution in [3.05, 3.63) is 270 Å². The van der Waals surface area contributed by atoms with Crippen molar-refractivity contribution in [2.45, 2.75) is 33.1 Å². The number of aromatic nitrogens is 4. The molecule has 0 atom stereocenters. The van der Waals surface area contributed by atoms with E-state index in [-0.39, 0.29) is 23.6 Å². The molecule has 2 fully saturated rings. The lowest BCUT2D eigenvalue weighted by molar-refractivity contribution is 0.0744. The summed E-state index contributed by atoms with van der Waals surface area (Å²) in [5, 5.41) is 18.2. The molecule has 0 bridgehead atoms. The lowest BCUT2D eigenvalue weighted by Crippen LogP contribution is -2.48. The van der Waals surface area contributed by atoms with Gasteiger partial charge in [-0.05, 0) is 155 Å². The van der Waals surface area contributed by atoms with Crippen LogP contribution in [0.3, 0.4) is 0 Å². The molecule has 2 aliphatic rings. The molecule has 6 aromatic carbocycles. The summed E-state index contributed by atoms with van der Waals surface area (Å²) in [4.78, 5) is 76.8. The fraction of sp³-hybridized carbons (Fsp3) is 0.188. The molecule has 4 aromatic heterocycles. The summed E-state index contributed by atoms with van der Waals surface area (Å²) >= 11 is 6.44. The van der Waals surface area contributed by atoms with Gasteiger partial charge in [-0.15, -0.1) is 22.7 Å². The average molecular weight is 1270 g/mol. The smallest absolute Gasteiger partial charge is 0.264 e. The Morgan fingerprint density at radius 2 is 0.886 bits per heavy atom. The van der Waals surface area contributed by atoms with Gasteiger partial charge in [0.25, 0.3) is 23.6 Å². The number of anilines is 4. The molecule has 88 heavy (non-hydrogen) atoms. The highest BCUT2D eigenvalue weighted by atomic mass is 79.9. The number of amides is 4. The van der Waals surface area contributed by atoms with Crippen LogP contribution in [0.1, 0.15) is 78.6 Å². The number of nitriles is 2. The number of carbonyl (C=O) groups excluding carboxylic acids is 4. The number of hydrogen-bond donors (Lipinski definition) is 0. The van der Waals surface area contributed by atoms with Crippen molar-refractivity contribution in [3.8, 4) is 12.1 Å². The van der Waals surface area contributed by atoms with E-state index in [0.29, 0.717) is 74.6 Å². The number of imidazole rings is 2. The number of halogens is 1. The Kier molecular flexibility index (Phi) is 19.1. The minimum absolute atomic E-state index is 0.0733. The van der Waals surface area contributed by atoms with E-state index in [1.165, 1.54) is 11.3 Å². The van der Waals surface area contributed by atoms with Crippen LogP contribution in [0.2, 0.25) is 0 Å². The van der Waals surface area contributed by atoms with E-state index in [9.17, 15) is 19.2 Å². The Labute approximate surface area is 527 Å². The topological polar surface area (TPSA) is 171 Å². The van der Waals surface area contributed by atoms with Gasteiger partial charge in [0.15, 0.2) is 0 Å². The molecule has 440 valence electrons. The summed E-state index contributed by atoms with van der Waals surface area (Å²) in [7, 11) is 0. The highest BCUT2D eigenvalue weighted by Gasteiger charge is 2.27. The number of thiophene rings is 2. The van der Waals surface area contributed by atoms with Gasteiger partial charge >= 0.3 is 0 Å². The van der Waals surface area contributed by atoms with E-state index in [2.05, 4.69) is 60.0 Å². The molecule has 10 aromatic rings. The first kappa shape index (κ1) is 59.8. The predicted octanol–water partition coefficient (Wildman–Crippen LogP) is 12.4. The van der Waals surface area contributed by atoms with Crippen LogP contribution in [0.25, 0.3) is 0 Å². The fourth-order valence-electron chi connectivity index (χ4n) is 10.7. The van der Waals surface area contributed by atoms with Gasteiger partial charge in [0, 0.05) is 117 Å². The van der Waals surface area contributed by atoms with Crippen LogP contribution >= 0.6 is 38.6 Å². The molecule has 16 nitrogen and oxygen atoms in total. The molecule has 0 spiro atoms. The third kappa shape index (κ3) is 14.5. The number of carbonyl (C=O) groups is 4. The second kappa shape index (κ2) is 28.1. The van der Waals surface area contributed by atoms with Crippen molar-refractivity contribution in [1.82, 2.24) is 28.9 Å². The minimum atomic E-state index is -0.100. The monoisotopic (exact) mass is 1260 g/mol. The molecule has 2 aliphatic heterocycles. The van der Waals surface area contributed by atoms with E-state index >= 15 is 0 Å². The maximum atomic E-state index is 13.8. The van der Waals surface area contributed by atoms with Gasteiger partial charge < -0.3 is 38.5 Å². The summed E-state index contributed by atoms with van der Waals surface area (Å²) < 4.78 is 5.01. The third-order valence-electron chi connectivity index (χ3n) is 15.6. The molecule has 0 N–H and O–H groups in total. The molecule has 12 rings (SSSR count). The number of aryl methyl sites for hydroxylation is 1. The van der Waals surface area contributed by atoms with Gasteiger partial charge in [-0.1, -0.05) is 60.7 Å². The molecule has 0 unspecified atom stereocenters. The van der Waals surface area contributed by atoms with Crippen molar-refractivity contribution >= 4 is 85.0 Å². The molecule has 0 radical (unpaired) electrons. The van der Waals surface area contributed by atoms with Crippen LogP contribution in [0, 0.1) is 29.6 Å². The zero-order valence-electron chi connectivity index (χ0n) is 48.3. The highest BCUT2D eigenvalue weighted by molar-refractivity contribution is 9.11. The molecular formula is C69H61BrN12O4S2. The van der Waals surface area contributed by atoms with Crippen LogP contribution in [0.5, 0.6) is 0 Å². The van der Waals surface area contributed by atoms with Crippen molar-refractivity contribution < 1.29 is 19.2 Å². The first-order valence-corrected chi connectivity index (χ1v) is 31.2. The maximum Gasteiger partial charge on any atom is 0.264 e. The minimum Gasteiger partial charge on any atom is -0.368 e. The van der Waals surface area contributed by atoms with Crippen molar-refractivity contribution in [1.29, 1.82) is 10.5 Å². The number of piperazine rings is 2. The van der Waals surface area contributed by atoms with Crippen molar-refractivity contribution in [2.24, 2.45) is 0 Å². The lowest BCUT2D eigenvalue weighted by atomic mass is 10.1. The number of nitrogens with zero attached hydrogens (tertiary/aromatic N) is 12. The maximum absolute atomic E-state index is 13.8. The predicted molar refractivity (Wildman–Crippen MR) is 349 cm³/mol. The Morgan fingerprint density at radius 3 is 1.25 bits per heavy atom. The first-order valence-electron chi connectivity index (χ1n) is 28.8. The molecule has 6 heterocycles. The fourth-order valence-corrected chi connectivity index (χ4v) is 12.9. The lowest BCUT2D eigenvalue weighted by Gasteiger charge is -2.36. The number of hydrogen-bond acceptors (Lipinski definition) is 12. The summed E-state index contributed by atoms with van der Waals surface area (Å²) in [6, 6.07) is 61.7. The summed E-state index contributed by atoms with van der Waals surface area (Å²) in [6.45, 7) is 9.44. The second-order valence-electron chi connectivity index (χ2n) is 21.3. The Balaban J connectivity index is 0.000000182. The Morgan fingerprint density at radius 1 is 0.489 bits per heavy atom. The molecule has 4 amide bonds. The van der Waals surface area contributed by atoms with Crippen molar-refractivity contribution in [2.75, 3.05) is 72.0 Å². The van der Waals surface area contributed by atoms with Gasteiger partial charge in [0.05, 0.1) is 73.9 Å². The van der Waals surface area contributed by atoms with E-state index < -0.39 is 0 Å². The third-order valence-corrected chi connectivity index (χ3v) is 18.2. The zero-order chi connectivity index (χ0) is 60.9. The summed E-state index contributed by atoms with van der Waals surface area (Å²) in [6.07, 6.45) is 7.12. The molecule has 19 heteroatoms. The van der Waals surface area contributed by atoms with Gasteiger partial charge in [-0.2, -0.15) is 10.5 Å². The van der Waals surface area contributed by atoms with Crippen LogP contribution in [-0.2, 0) is 26.2 Å². The SMILES string of the molecule is Cc1ccc(C(=O)N2CCN(c3ccc(N(Cc4cncn4Cc4ccc(C#N)cc4)C(=O)c4ccccc4)cc3)CC2)s1.N#Cc1ccc(Cn2cncc2CN(C(=O)c2ccccc2)c2ccc(N3CCN(C(=O)c4ccc(Br)s4)CC3)cc2)cc1. The second-order valence-corrected chi connectivity index (χ2v) is 25.0. The van der Waals surface area contributed by atoms with E-state index in [0.717, 1.165) is 89.9 Å². The molecule has 0 saturated carbocycles. The largest absolute Gasteiger partial charge is 0.368 e. The standard InChI is InChI=1S/C35H32N6O2S.C34H29BrN6O2S/c1-26-7-16-33(44-26)35(43)39-19-17-38(18-20-39)30-12-14-31(15-13-30)41(34(42)29-5-3-2-4-6-29)24-32-22-37-25-40(32)23-28-10-8-27(21-36)9-11-28;35-32-15-14-31(44-32)34(43)39-18-16-38(17-19-39)28-10-12-29(13-11-28)41(33(42)27-4-2-1-3-5-27)23-30-21-37-24-40(30)22-26-8-6-25(20-36)7-9-26/h2-16,22,25H,17-20,23-24H2,1H3;1-15,21,24H,16-19,22-23H2. The average Bonchev–Trinajstić information content (AvgIpc) is 4.54. The number of benzene rings is 6. The highest BCUT2D eigenvalue weighted by Crippen LogP contribution is 2.30. The van der Waals surface area contributed by atoms with Crippen LogP contribution in [0.15, 0.2) is 211 Å². The quantitative estimate of drug-likeness (QED) is 0.0907. The van der Waals surface area contributed by atoms with Gasteiger partial charge in [-0.3, -0.25) is 19.2 Å². The van der Waals surface area contributed by atoms with Gasteiger partial charge in [0.2, 0.25) is 0 Å². The summed E-state index contributed by atoms with van der Waals surface area (Å²) in [5.74, 6) is -0.0204. The Bertz CT molecular complexity index is 3830. The zero-order valence-corrected chi connectivity index (χ0v) is 51.5. The van der Waals surface area contributed by atoms with E-state index in [1.807, 2.05) is 171 Å². The van der Waals surface area contributed by atoms with Crippen molar-refractivity contribution in [3.63, 3.8) is 0 Å². The van der Waals surface area contributed by atoms with Crippen LogP contribution in [-0.4, -0.2) is 105 Å². The first-order chi connectivity index (χ1) is 43.0. The van der Waals surface area contributed by atoms with Crippen LogP contribution < -0.4 is 19.6 Å². The van der Waals surface area contributed by atoms with E-state index in [1.54, 1.807) is 70.5 Å². The summed E-state index contributed by atoms with van der Waals surface area (Å²) in [5.41, 5.74) is 10.00. The molecule has 0 aliphatic carbocycles. The number of rotatable bonds is 16. The van der Waals surface area contributed by atoms with Gasteiger partial charge in [-0.25, -0.2) is 9.97 Å². The Hall–Kier alpha value is -9.92. The van der Waals surface area contributed by atoms with Gasteiger partial charge in [0.1, 0.15) is 0 Å². The normalized spacial score (nSPS) is 13.0. The molecular weight excluding hydrogens is 1200 g/mol. The van der Waals surface area contributed by atoms with E-state index in [4.69, 9.17) is 10.5 Å².